The number of imidazole rings is 1. The Bertz CT molecular complexity index is 877. The Morgan fingerprint density at radius 3 is 2.73 bits per heavy atom. The minimum atomic E-state index is -0.339. The molecule has 3 rings (SSSR count). The quantitative estimate of drug-likeness (QED) is 0.727. The van der Waals surface area contributed by atoms with Crippen LogP contribution >= 0.6 is 0 Å². The zero-order chi connectivity index (χ0) is 15.5. The van der Waals surface area contributed by atoms with Crippen LogP contribution in [0.15, 0.2) is 35.4 Å². The lowest BCUT2D eigenvalue weighted by atomic mass is 10.1. The van der Waals surface area contributed by atoms with Crippen LogP contribution in [0.5, 0.6) is 0 Å². The molecule has 2 aromatic heterocycles. The van der Waals surface area contributed by atoms with E-state index < -0.39 is 0 Å². The Hall–Kier alpha value is -2.80. The number of benzene rings is 1. The van der Waals surface area contributed by atoms with Crippen LogP contribution in [0.2, 0.25) is 0 Å². The van der Waals surface area contributed by atoms with Gasteiger partial charge in [0.1, 0.15) is 18.8 Å². The van der Waals surface area contributed by atoms with Gasteiger partial charge >= 0.3 is 5.69 Å². The molecule has 112 valence electrons. The molecule has 0 aliphatic carbocycles. The number of fused-ring (bicyclic) bond motifs is 1. The van der Waals surface area contributed by atoms with E-state index in [0.717, 1.165) is 10.2 Å². The number of methoxy groups -OCH3 is 1. The maximum absolute atomic E-state index is 12.1. The van der Waals surface area contributed by atoms with Crippen LogP contribution < -0.4 is 5.69 Å². The highest BCUT2D eigenvalue weighted by Crippen LogP contribution is 2.10. The lowest BCUT2D eigenvalue weighted by molar-refractivity contribution is 0.111. The Balaban J connectivity index is 1.97. The summed E-state index contributed by atoms with van der Waals surface area (Å²) in [6.07, 6.45) is 5.17. The number of rotatable bonds is 4. The van der Waals surface area contributed by atoms with E-state index in [4.69, 9.17) is 4.74 Å². The highest BCUT2D eigenvalue weighted by molar-refractivity contribution is 5.74. The fourth-order valence-electron chi connectivity index (χ4n) is 2.03. The summed E-state index contributed by atoms with van der Waals surface area (Å²) in [5.41, 5.74) is 2.92. The third-order valence-corrected chi connectivity index (χ3v) is 3.21. The first-order valence-electron chi connectivity index (χ1n) is 6.73. The van der Waals surface area contributed by atoms with Crippen molar-refractivity contribution in [3.63, 3.8) is 0 Å². The molecule has 3 aromatic rings. The van der Waals surface area contributed by atoms with Gasteiger partial charge in [-0.2, -0.15) is 4.68 Å². The number of hydrogen-bond donors (Lipinski definition) is 0. The zero-order valence-corrected chi connectivity index (χ0v) is 12.3. The number of aromatic nitrogens is 5. The number of ether oxygens (including phenoxy) is 1. The second-order valence-electron chi connectivity index (χ2n) is 4.86. The molecule has 7 heteroatoms. The predicted octanol–water partition coefficient (Wildman–Crippen LogP) is 1.37. The van der Waals surface area contributed by atoms with Crippen molar-refractivity contribution in [1.29, 1.82) is 0 Å². The van der Waals surface area contributed by atoms with Crippen LogP contribution in [-0.2, 0) is 11.5 Å². The van der Waals surface area contributed by atoms with Crippen molar-refractivity contribution >= 4 is 17.8 Å². The molecule has 0 bridgehead atoms. The number of hydrogen-bond acceptors (Lipinski definition) is 5. The van der Waals surface area contributed by atoms with E-state index in [2.05, 4.69) is 15.3 Å². The second-order valence-corrected chi connectivity index (χ2v) is 4.86. The molecule has 0 amide bonds. The summed E-state index contributed by atoms with van der Waals surface area (Å²) in [7, 11) is 1.49. The van der Waals surface area contributed by atoms with E-state index in [1.807, 2.05) is 43.3 Å². The predicted molar refractivity (Wildman–Crippen MR) is 82.2 cm³/mol. The summed E-state index contributed by atoms with van der Waals surface area (Å²) in [4.78, 5) is 16.3. The first-order chi connectivity index (χ1) is 10.7. The smallest absolute Gasteiger partial charge is 0.355 e. The number of aryl methyl sites for hydroxylation is 1. The Kier molecular flexibility index (Phi) is 3.80. The van der Waals surface area contributed by atoms with E-state index in [0.29, 0.717) is 11.3 Å². The lowest BCUT2D eigenvalue weighted by Gasteiger charge is -2.01. The van der Waals surface area contributed by atoms with Gasteiger partial charge in [0.05, 0.1) is 0 Å². The van der Waals surface area contributed by atoms with Gasteiger partial charge < -0.3 is 4.74 Å². The molecule has 22 heavy (non-hydrogen) atoms. The van der Waals surface area contributed by atoms with Gasteiger partial charge in [-0.3, -0.25) is 0 Å². The van der Waals surface area contributed by atoms with Crippen molar-refractivity contribution in [1.82, 2.24) is 24.4 Å². The third-order valence-electron chi connectivity index (χ3n) is 3.21. The molecule has 0 aliphatic heterocycles. The molecular weight excluding hydrogens is 282 g/mol. The molecule has 0 saturated carbocycles. The van der Waals surface area contributed by atoms with Gasteiger partial charge in [-0.15, -0.1) is 5.10 Å². The largest absolute Gasteiger partial charge is 0.362 e. The first-order valence-corrected chi connectivity index (χ1v) is 6.73. The minimum Gasteiger partial charge on any atom is -0.362 e. The molecule has 0 saturated heterocycles. The van der Waals surface area contributed by atoms with Crippen LogP contribution in [0.25, 0.3) is 17.8 Å². The summed E-state index contributed by atoms with van der Waals surface area (Å²) >= 11 is 0. The highest BCUT2D eigenvalue weighted by atomic mass is 16.5. The molecule has 7 nitrogen and oxygen atoms in total. The van der Waals surface area contributed by atoms with E-state index in [9.17, 15) is 4.79 Å². The molecule has 0 N–H and O–H groups in total. The van der Waals surface area contributed by atoms with Gasteiger partial charge in [-0.1, -0.05) is 41.1 Å². The molecule has 1 aromatic carbocycles. The van der Waals surface area contributed by atoms with E-state index in [1.165, 1.54) is 23.4 Å². The van der Waals surface area contributed by atoms with E-state index in [-0.39, 0.29) is 12.4 Å². The van der Waals surface area contributed by atoms with Crippen LogP contribution in [0.4, 0.5) is 0 Å². The van der Waals surface area contributed by atoms with E-state index >= 15 is 0 Å². The summed E-state index contributed by atoms with van der Waals surface area (Å²) in [6.45, 7) is 2.09. The molecule has 0 aliphatic rings. The second kappa shape index (κ2) is 5.90. The van der Waals surface area contributed by atoms with Gasteiger partial charge in [0.15, 0.2) is 5.65 Å². The Morgan fingerprint density at radius 2 is 2.00 bits per heavy atom. The average molecular weight is 297 g/mol. The van der Waals surface area contributed by atoms with Crippen LogP contribution in [-0.4, -0.2) is 31.5 Å². The van der Waals surface area contributed by atoms with Crippen molar-refractivity contribution in [2.75, 3.05) is 7.11 Å². The van der Waals surface area contributed by atoms with Crippen molar-refractivity contribution in [3.05, 3.63) is 57.9 Å². The summed E-state index contributed by atoms with van der Waals surface area (Å²) in [5, 5.41) is 7.86. The van der Waals surface area contributed by atoms with Crippen molar-refractivity contribution in [2.45, 2.75) is 13.7 Å². The van der Waals surface area contributed by atoms with Crippen molar-refractivity contribution in [2.24, 2.45) is 0 Å². The van der Waals surface area contributed by atoms with Gasteiger partial charge in [0.25, 0.3) is 0 Å². The average Bonchev–Trinajstić information content (AvgIpc) is 2.94. The summed E-state index contributed by atoms with van der Waals surface area (Å²) < 4.78 is 7.37. The summed E-state index contributed by atoms with van der Waals surface area (Å²) in [5.74, 6) is 0. The Labute approximate surface area is 126 Å². The standard InChI is InChI=1S/C15H15N5O2/c1-11-3-5-12(6-4-11)7-8-13-14-17-18-20(10-22-2)15(21)19(14)9-16-13/h3-9H,10H2,1-2H3/b8-7+. The Morgan fingerprint density at radius 1 is 1.23 bits per heavy atom. The zero-order valence-electron chi connectivity index (χ0n) is 12.3. The third kappa shape index (κ3) is 2.66. The maximum Gasteiger partial charge on any atom is 0.355 e. The highest BCUT2D eigenvalue weighted by Gasteiger charge is 2.09. The lowest BCUT2D eigenvalue weighted by Crippen LogP contribution is -2.30. The molecular formula is C15H15N5O2. The molecule has 0 fully saturated rings. The monoisotopic (exact) mass is 297 g/mol. The number of nitrogens with zero attached hydrogens (tertiary/aromatic N) is 5. The molecule has 0 unspecified atom stereocenters. The fourth-order valence-corrected chi connectivity index (χ4v) is 2.03. The SMILES string of the molecule is COCn1nnc2c(/C=C/c3ccc(C)cc3)ncn2c1=O. The van der Waals surface area contributed by atoms with Crippen LogP contribution in [0.3, 0.4) is 0 Å². The topological polar surface area (TPSA) is 74.3 Å². The first kappa shape index (κ1) is 14.2. The molecule has 0 radical (unpaired) electrons. The molecule has 0 atom stereocenters. The van der Waals surface area contributed by atoms with Gasteiger partial charge in [0, 0.05) is 7.11 Å². The van der Waals surface area contributed by atoms with Gasteiger partial charge in [-0.25, -0.2) is 14.2 Å². The van der Waals surface area contributed by atoms with Crippen LogP contribution in [0.1, 0.15) is 16.8 Å². The minimum absolute atomic E-state index is 0.0501. The van der Waals surface area contributed by atoms with Gasteiger partial charge in [-0.05, 0) is 18.6 Å². The normalized spacial score (nSPS) is 11.5. The van der Waals surface area contributed by atoms with E-state index in [1.54, 1.807) is 0 Å². The maximum atomic E-state index is 12.1. The fraction of sp³-hybridized carbons (Fsp3) is 0.200. The van der Waals surface area contributed by atoms with Crippen molar-refractivity contribution < 1.29 is 4.74 Å². The van der Waals surface area contributed by atoms with Crippen molar-refractivity contribution in [3.8, 4) is 0 Å². The van der Waals surface area contributed by atoms with Crippen LogP contribution in [0, 0.1) is 6.92 Å². The molecule has 0 spiro atoms. The molecule has 2 heterocycles. The van der Waals surface area contributed by atoms with Gasteiger partial charge in [0.2, 0.25) is 0 Å². The summed E-state index contributed by atoms with van der Waals surface area (Å²) in [6, 6.07) is 8.10.